The molecular weight excluding hydrogens is 256 g/mol. The van der Waals surface area contributed by atoms with Crippen molar-refractivity contribution in [1.29, 1.82) is 0 Å². The molecule has 108 valence electrons. The number of nitrogens with zero attached hydrogens (tertiary/aromatic N) is 4. The van der Waals surface area contributed by atoms with Crippen LogP contribution in [0.2, 0.25) is 0 Å². The van der Waals surface area contributed by atoms with Gasteiger partial charge in [0, 0.05) is 24.7 Å². The van der Waals surface area contributed by atoms with Crippen LogP contribution in [0.4, 0.5) is 5.82 Å². The molecule has 1 aliphatic rings. The van der Waals surface area contributed by atoms with Crippen LogP contribution in [-0.4, -0.2) is 45.3 Å². The molecule has 1 saturated heterocycles. The second kappa shape index (κ2) is 4.59. The van der Waals surface area contributed by atoms with Crippen LogP contribution in [0.25, 0.3) is 5.65 Å². The van der Waals surface area contributed by atoms with E-state index in [0.29, 0.717) is 11.5 Å². The Kier molecular flexibility index (Phi) is 3.01. The van der Waals surface area contributed by atoms with Gasteiger partial charge in [-0.15, -0.1) is 0 Å². The summed E-state index contributed by atoms with van der Waals surface area (Å²) in [6.45, 7) is 5.98. The highest BCUT2D eigenvalue weighted by atomic mass is 16.1. The molecule has 20 heavy (non-hydrogen) atoms. The van der Waals surface area contributed by atoms with Crippen molar-refractivity contribution in [3.8, 4) is 0 Å². The molecule has 2 aromatic rings. The van der Waals surface area contributed by atoms with Crippen molar-refractivity contribution in [3.05, 3.63) is 22.4 Å². The molecule has 3 heterocycles. The minimum absolute atomic E-state index is 0.207. The third kappa shape index (κ3) is 2.07. The Bertz CT molecular complexity index is 680. The quantitative estimate of drug-likeness (QED) is 0.825. The molecule has 2 aromatic heterocycles. The molecule has 7 heteroatoms. The van der Waals surface area contributed by atoms with E-state index in [0.717, 1.165) is 31.7 Å². The Morgan fingerprint density at radius 1 is 1.40 bits per heavy atom. The molecule has 0 bridgehead atoms. The lowest BCUT2D eigenvalue weighted by atomic mass is 9.90. The fourth-order valence-electron chi connectivity index (χ4n) is 2.72. The summed E-state index contributed by atoms with van der Waals surface area (Å²) in [5, 5.41) is 9.87. The van der Waals surface area contributed by atoms with Crippen molar-refractivity contribution in [2.24, 2.45) is 0 Å². The first-order valence-electron chi connectivity index (χ1n) is 6.91. The van der Waals surface area contributed by atoms with Crippen LogP contribution in [0.15, 0.2) is 10.9 Å². The Labute approximate surface area is 117 Å². The number of nitrogens with one attached hydrogen (secondary N) is 2. The maximum absolute atomic E-state index is 11.6. The highest BCUT2D eigenvalue weighted by Crippen LogP contribution is 2.25. The molecule has 0 unspecified atom stereocenters. The Hall–Kier alpha value is -1.89. The molecule has 0 radical (unpaired) electrons. The highest BCUT2D eigenvalue weighted by molar-refractivity contribution is 5.51. The first kappa shape index (κ1) is 13.1. The predicted octanol–water partition coefficient (Wildman–Crippen LogP) is 0.304. The van der Waals surface area contributed by atoms with Gasteiger partial charge in [0.2, 0.25) is 0 Å². The van der Waals surface area contributed by atoms with Crippen LogP contribution in [-0.2, 0) is 0 Å². The normalized spacial score (nSPS) is 18.6. The first-order valence-corrected chi connectivity index (χ1v) is 6.91. The monoisotopic (exact) mass is 276 g/mol. The average molecular weight is 276 g/mol. The summed E-state index contributed by atoms with van der Waals surface area (Å²) >= 11 is 0. The number of hydrogen-bond acceptors (Lipinski definition) is 5. The van der Waals surface area contributed by atoms with Crippen molar-refractivity contribution in [2.45, 2.75) is 32.2 Å². The van der Waals surface area contributed by atoms with Crippen molar-refractivity contribution in [2.75, 3.05) is 25.0 Å². The molecular formula is C13H20N6O. The van der Waals surface area contributed by atoms with Crippen LogP contribution in [0.1, 0.15) is 25.6 Å². The molecule has 1 fully saturated rings. The van der Waals surface area contributed by atoms with Gasteiger partial charge in [0.1, 0.15) is 11.6 Å². The highest BCUT2D eigenvalue weighted by Gasteiger charge is 2.29. The SMILES string of the molecule is CNC1(C)CCN(c2cc3n[nH]c(=O)n3c(C)n2)CC1. The number of H-pyrrole nitrogens is 1. The van der Waals surface area contributed by atoms with E-state index in [4.69, 9.17) is 0 Å². The fourth-order valence-corrected chi connectivity index (χ4v) is 2.72. The van der Waals surface area contributed by atoms with Gasteiger partial charge in [0.15, 0.2) is 5.65 Å². The van der Waals surface area contributed by atoms with Gasteiger partial charge < -0.3 is 10.2 Å². The predicted molar refractivity (Wildman–Crippen MR) is 77.3 cm³/mol. The largest absolute Gasteiger partial charge is 0.356 e. The lowest BCUT2D eigenvalue weighted by Gasteiger charge is -2.39. The third-order valence-corrected chi connectivity index (χ3v) is 4.35. The molecule has 2 N–H and O–H groups in total. The van der Waals surface area contributed by atoms with Gasteiger partial charge in [-0.2, -0.15) is 5.10 Å². The molecule has 0 aliphatic carbocycles. The van der Waals surface area contributed by atoms with E-state index in [1.165, 1.54) is 4.40 Å². The summed E-state index contributed by atoms with van der Waals surface area (Å²) in [5.74, 6) is 1.56. The molecule has 0 atom stereocenters. The van der Waals surface area contributed by atoms with Gasteiger partial charge in [-0.05, 0) is 33.7 Å². The van der Waals surface area contributed by atoms with Crippen LogP contribution in [0, 0.1) is 6.92 Å². The minimum Gasteiger partial charge on any atom is -0.356 e. The molecule has 3 rings (SSSR count). The van der Waals surface area contributed by atoms with E-state index >= 15 is 0 Å². The van der Waals surface area contributed by atoms with Crippen molar-refractivity contribution in [1.82, 2.24) is 24.9 Å². The molecule has 0 saturated carbocycles. The maximum atomic E-state index is 11.6. The zero-order chi connectivity index (χ0) is 14.3. The van der Waals surface area contributed by atoms with E-state index in [1.54, 1.807) is 0 Å². The topological polar surface area (TPSA) is 78.3 Å². The van der Waals surface area contributed by atoms with Crippen LogP contribution in [0.3, 0.4) is 0 Å². The smallest absolute Gasteiger partial charge is 0.349 e. The number of aromatic amines is 1. The summed E-state index contributed by atoms with van der Waals surface area (Å²) < 4.78 is 1.49. The van der Waals surface area contributed by atoms with Crippen LogP contribution in [0.5, 0.6) is 0 Å². The maximum Gasteiger partial charge on any atom is 0.349 e. The molecule has 0 spiro atoms. The van der Waals surface area contributed by atoms with Crippen molar-refractivity contribution in [3.63, 3.8) is 0 Å². The van der Waals surface area contributed by atoms with E-state index in [9.17, 15) is 4.79 Å². The third-order valence-electron chi connectivity index (χ3n) is 4.35. The summed E-state index contributed by atoms with van der Waals surface area (Å²) in [6, 6.07) is 1.87. The number of rotatable bonds is 2. The van der Waals surface area contributed by atoms with Crippen molar-refractivity contribution >= 4 is 11.5 Å². The zero-order valence-electron chi connectivity index (χ0n) is 12.1. The van der Waals surface area contributed by atoms with E-state index in [2.05, 4.69) is 32.3 Å². The Morgan fingerprint density at radius 2 is 2.10 bits per heavy atom. The van der Waals surface area contributed by atoms with Gasteiger partial charge in [-0.1, -0.05) is 0 Å². The number of piperidine rings is 1. The first-order chi connectivity index (χ1) is 9.52. The summed E-state index contributed by atoms with van der Waals surface area (Å²) in [6.07, 6.45) is 2.14. The molecule has 0 amide bonds. The summed E-state index contributed by atoms with van der Waals surface area (Å²) in [7, 11) is 2.01. The number of aromatic nitrogens is 4. The summed E-state index contributed by atoms with van der Waals surface area (Å²) in [4.78, 5) is 18.4. The van der Waals surface area contributed by atoms with Gasteiger partial charge in [0.05, 0.1) is 0 Å². The van der Waals surface area contributed by atoms with E-state index < -0.39 is 0 Å². The van der Waals surface area contributed by atoms with Crippen molar-refractivity contribution < 1.29 is 0 Å². The molecule has 7 nitrogen and oxygen atoms in total. The van der Waals surface area contributed by atoms with Gasteiger partial charge in [-0.3, -0.25) is 0 Å². The standard InChI is InChI=1S/C13H20N6O/c1-9-15-10(8-11-16-17-12(20)19(9)11)18-6-4-13(2,14-3)5-7-18/h8,14H,4-7H2,1-3H3,(H,17,20). The number of fused-ring (bicyclic) bond motifs is 1. The Balaban J connectivity index is 1.90. The second-order valence-electron chi connectivity index (χ2n) is 5.68. The van der Waals surface area contributed by atoms with Gasteiger partial charge in [0.25, 0.3) is 0 Å². The van der Waals surface area contributed by atoms with Gasteiger partial charge in [-0.25, -0.2) is 19.3 Å². The molecule has 1 aliphatic heterocycles. The molecule has 0 aromatic carbocycles. The Morgan fingerprint density at radius 3 is 2.75 bits per heavy atom. The number of anilines is 1. The lowest BCUT2D eigenvalue weighted by Crippen LogP contribution is -2.50. The lowest BCUT2D eigenvalue weighted by molar-refractivity contribution is 0.304. The fraction of sp³-hybridized carbons (Fsp3) is 0.615. The van der Waals surface area contributed by atoms with Crippen LogP contribution >= 0.6 is 0 Å². The zero-order valence-corrected chi connectivity index (χ0v) is 12.1. The summed E-state index contributed by atoms with van der Waals surface area (Å²) in [5.41, 5.74) is 0.594. The average Bonchev–Trinajstić information content (AvgIpc) is 2.81. The van der Waals surface area contributed by atoms with Crippen LogP contribution < -0.4 is 15.9 Å². The second-order valence-corrected chi connectivity index (χ2v) is 5.68. The van der Waals surface area contributed by atoms with E-state index in [-0.39, 0.29) is 11.2 Å². The minimum atomic E-state index is -0.238. The van der Waals surface area contributed by atoms with E-state index in [1.807, 2.05) is 20.0 Å². The van der Waals surface area contributed by atoms with Gasteiger partial charge >= 0.3 is 5.69 Å². The number of hydrogen-bond donors (Lipinski definition) is 2. The number of aryl methyl sites for hydroxylation is 1.